The van der Waals surface area contributed by atoms with Crippen molar-refractivity contribution in [3.63, 3.8) is 0 Å². The fraction of sp³-hybridized carbons (Fsp3) is 0.600. The minimum Gasteiger partial charge on any atom is -0.353 e. The predicted molar refractivity (Wildman–Crippen MR) is 81.2 cm³/mol. The molecule has 2 aromatic rings. The molecule has 0 aromatic carbocycles. The molecule has 3 heterocycles. The largest absolute Gasteiger partial charge is 0.353 e. The zero-order chi connectivity index (χ0) is 14.1. The van der Waals surface area contributed by atoms with Gasteiger partial charge >= 0.3 is 0 Å². The molecule has 0 amide bonds. The van der Waals surface area contributed by atoms with E-state index in [4.69, 9.17) is 0 Å². The molecule has 5 nitrogen and oxygen atoms in total. The third kappa shape index (κ3) is 2.50. The molecule has 1 fully saturated rings. The van der Waals surface area contributed by atoms with Crippen LogP contribution in [0.3, 0.4) is 0 Å². The van der Waals surface area contributed by atoms with Gasteiger partial charge in [0.15, 0.2) is 5.65 Å². The van der Waals surface area contributed by atoms with Crippen molar-refractivity contribution in [2.45, 2.75) is 45.7 Å². The zero-order valence-electron chi connectivity index (χ0n) is 12.5. The maximum Gasteiger partial charge on any atom is 0.157 e. The van der Waals surface area contributed by atoms with Crippen molar-refractivity contribution in [2.75, 3.05) is 18.0 Å². The number of rotatable bonds is 4. The molecular formula is C15H23N5. The van der Waals surface area contributed by atoms with Gasteiger partial charge in [-0.3, -0.25) is 0 Å². The second kappa shape index (κ2) is 5.40. The summed E-state index contributed by atoms with van der Waals surface area (Å²) < 4.78 is 1.95. The van der Waals surface area contributed by atoms with Crippen LogP contribution in [0, 0.1) is 6.92 Å². The summed E-state index contributed by atoms with van der Waals surface area (Å²) in [5.41, 5.74) is 2.15. The number of nitrogens with zero attached hydrogens (tertiary/aromatic N) is 4. The van der Waals surface area contributed by atoms with E-state index in [2.05, 4.69) is 53.2 Å². The van der Waals surface area contributed by atoms with Crippen LogP contribution < -0.4 is 10.2 Å². The highest BCUT2D eigenvalue weighted by Gasteiger charge is 2.22. The molecule has 1 atom stereocenters. The number of aromatic nitrogens is 3. The Morgan fingerprint density at radius 1 is 1.45 bits per heavy atom. The van der Waals surface area contributed by atoms with Crippen molar-refractivity contribution in [2.24, 2.45) is 0 Å². The summed E-state index contributed by atoms with van der Waals surface area (Å²) in [5.74, 6) is 1.14. The lowest BCUT2D eigenvalue weighted by atomic mass is 10.1. The van der Waals surface area contributed by atoms with Crippen molar-refractivity contribution in [1.29, 1.82) is 0 Å². The van der Waals surface area contributed by atoms with E-state index in [-0.39, 0.29) is 0 Å². The van der Waals surface area contributed by atoms with Gasteiger partial charge in [0.25, 0.3) is 0 Å². The summed E-state index contributed by atoms with van der Waals surface area (Å²) in [7, 11) is 0. The quantitative estimate of drug-likeness (QED) is 0.925. The van der Waals surface area contributed by atoms with Crippen LogP contribution >= 0.6 is 0 Å². The average Bonchev–Trinajstić information content (AvgIpc) is 3.05. The standard InChI is InChI=1S/C15H23N5/c1-11(2)19(9-13-5-4-6-16-13)15-8-12(3)7-14-17-10-18-20(14)15/h7-8,10-11,13,16H,4-6,9H2,1-3H3. The first-order chi connectivity index (χ1) is 9.65. The number of nitrogens with one attached hydrogen (secondary N) is 1. The van der Waals surface area contributed by atoms with Crippen LogP contribution in [0.5, 0.6) is 0 Å². The molecule has 108 valence electrons. The van der Waals surface area contributed by atoms with Crippen molar-refractivity contribution in [1.82, 2.24) is 19.9 Å². The predicted octanol–water partition coefficient (Wildman–Crippen LogP) is 2.00. The first-order valence-corrected chi connectivity index (χ1v) is 7.45. The fourth-order valence-corrected chi connectivity index (χ4v) is 2.96. The Kier molecular flexibility index (Phi) is 3.61. The van der Waals surface area contributed by atoms with E-state index in [0.29, 0.717) is 12.1 Å². The van der Waals surface area contributed by atoms with Crippen LogP contribution in [0.1, 0.15) is 32.3 Å². The van der Waals surface area contributed by atoms with Gasteiger partial charge in [0.2, 0.25) is 0 Å². The molecule has 3 rings (SSSR count). The minimum atomic E-state index is 0.437. The SMILES string of the molecule is Cc1cc(N(CC2CCCN2)C(C)C)n2ncnc2c1. The Hall–Kier alpha value is -1.62. The van der Waals surface area contributed by atoms with Crippen molar-refractivity contribution in [3.8, 4) is 0 Å². The first-order valence-electron chi connectivity index (χ1n) is 7.45. The maximum absolute atomic E-state index is 4.38. The van der Waals surface area contributed by atoms with E-state index in [1.54, 1.807) is 6.33 Å². The molecule has 1 N–H and O–H groups in total. The van der Waals surface area contributed by atoms with Gasteiger partial charge in [0.05, 0.1) is 0 Å². The first kappa shape index (κ1) is 13.4. The molecule has 0 saturated carbocycles. The molecule has 0 bridgehead atoms. The molecule has 0 aliphatic carbocycles. The van der Waals surface area contributed by atoms with Crippen LogP contribution in [-0.4, -0.2) is 39.8 Å². The van der Waals surface area contributed by atoms with Crippen LogP contribution in [0.25, 0.3) is 5.65 Å². The van der Waals surface area contributed by atoms with Gasteiger partial charge in [0, 0.05) is 18.6 Å². The Morgan fingerprint density at radius 2 is 2.30 bits per heavy atom. The summed E-state index contributed by atoms with van der Waals surface area (Å²) >= 11 is 0. The van der Waals surface area contributed by atoms with E-state index >= 15 is 0 Å². The lowest BCUT2D eigenvalue weighted by Crippen LogP contribution is -2.42. The van der Waals surface area contributed by atoms with Crippen LogP contribution in [0.4, 0.5) is 5.82 Å². The number of aryl methyl sites for hydroxylation is 1. The summed E-state index contributed by atoms with van der Waals surface area (Å²) in [5, 5.41) is 7.96. The number of pyridine rings is 1. The molecule has 5 heteroatoms. The normalized spacial score (nSPS) is 19.1. The van der Waals surface area contributed by atoms with Gasteiger partial charge in [-0.1, -0.05) is 0 Å². The highest BCUT2D eigenvalue weighted by atomic mass is 15.4. The Balaban J connectivity index is 1.97. The molecule has 20 heavy (non-hydrogen) atoms. The Bertz CT molecular complexity index is 583. The number of hydrogen-bond acceptors (Lipinski definition) is 4. The van der Waals surface area contributed by atoms with Gasteiger partial charge in [-0.15, -0.1) is 0 Å². The molecule has 1 aliphatic heterocycles. The van der Waals surface area contributed by atoms with Crippen molar-refractivity contribution < 1.29 is 0 Å². The fourth-order valence-electron chi connectivity index (χ4n) is 2.96. The molecular weight excluding hydrogens is 250 g/mol. The lowest BCUT2D eigenvalue weighted by Gasteiger charge is -2.31. The topological polar surface area (TPSA) is 45.5 Å². The zero-order valence-corrected chi connectivity index (χ0v) is 12.5. The molecule has 1 unspecified atom stereocenters. The summed E-state index contributed by atoms with van der Waals surface area (Å²) in [6.07, 6.45) is 4.17. The van der Waals surface area contributed by atoms with E-state index in [1.165, 1.54) is 18.4 Å². The van der Waals surface area contributed by atoms with Crippen LogP contribution in [0.2, 0.25) is 0 Å². The Morgan fingerprint density at radius 3 is 3.00 bits per heavy atom. The smallest absolute Gasteiger partial charge is 0.157 e. The second-order valence-electron chi connectivity index (χ2n) is 5.96. The van der Waals surface area contributed by atoms with E-state index < -0.39 is 0 Å². The highest BCUT2D eigenvalue weighted by Crippen LogP contribution is 2.21. The van der Waals surface area contributed by atoms with Crippen LogP contribution in [0.15, 0.2) is 18.5 Å². The maximum atomic E-state index is 4.38. The number of hydrogen-bond donors (Lipinski definition) is 1. The van der Waals surface area contributed by atoms with Gasteiger partial charge in [0.1, 0.15) is 12.1 Å². The van der Waals surface area contributed by atoms with Gasteiger partial charge < -0.3 is 10.2 Å². The number of anilines is 1. The third-order valence-corrected chi connectivity index (χ3v) is 4.00. The monoisotopic (exact) mass is 273 g/mol. The van der Waals surface area contributed by atoms with Crippen molar-refractivity contribution in [3.05, 3.63) is 24.0 Å². The third-order valence-electron chi connectivity index (χ3n) is 4.00. The van der Waals surface area contributed by atoms with Gasteiger partial charge in [-0.25, -0.2) is 4.98 Å². The molecule has 1 aliphatic rings. The number of fused-ring (bicyclic) bond motifs is 1. The molecule has 2 aromatic heterocycles. The highest BCUT2D eigenvalue weighted by molar-refractivity contribution is 5.53. The molecule has 1 saturated heterocycles. The van der Waals surface area contributed by atoms with E-state index in [1.807, 2.05) is 4.52 Å². The van der Waals surface area contributed by atoms with Gasteiger partial charge in [-0.2, -0.15) is 9.61 Å². The average molecular weight is 273 g/mol. The van der Waals surface area contributed by atoms with E-state index in [0.717, 1.165) is 24.6 Å². The second-order valence-corrected chi connectivity index (χ2v) is 5.96. The minimum absolute atomic E-state index is 0.437. The summed E-state index contributed by atoms with van der Waals surface area (Å²) in [4.78, 5) is 6.75. The summed E-state index contributed by atoms with van der Waals surface area (Å²) in [6, 6.07) is 5.29. The van der Waals surface area contributed by atoms with Gasteiger partial charge in [-0.05, 0) is 57.9 Å². The summed E-state index contributed by atoms with van der Waals surface area (Å²) in [6.45, 7) is 8.75. The molecule has 0 spiro atoms. The van der Waals surface area contributed by atoms with Crippen molar-refractivity contribution >= 4 is 11.5 Å². The lowest BCUT2D eigenvalue weighted by molar-refractivity contribution is 0.545. The van der Waals surface area contributed by atoms with Crippen LogP contribution in [-0.2, 0) is 0 Å². The van der Waals surface area contributed by atoms with E-state index in [9.17, 15) is 0 Å². The Labute approximate surface area is 120 Å². The molecule has 0 radical (unpaired) electrons.